The first kappa shape index (κ1) is 15.6. The molecule has 3 aromatic heterocycles. The number of anilines is 2. The first-order valence-corrected chi connectivity index (χ1v) is 8.18. The number of nitrogens with zero attached hydrogens (tertiary/aromatic N) is 5. The van der Waals surface area contributed by atoms with Crippen molar-refractivity contribution >= 4 is 11.8 Å². The van der Waals surface area contributed by atoms with Gasteiger partial charge in [-0.2, -0.15) is 0 Å². The average Bonchev–Trinajstić information content (AvgIpc) is 3.28. The molecule has 4 rings (SSSR count). The van der Waals surface area contributed by atoms with Crippen molar-refractivity contribution < 1.29 is 4.39 Å². The van der Waals surface area contributed by atoms with Crippen molar-refractivity contribution in [2.24, 2.45) is 0 Å². The Hall–Kier alpha value is -2.87. The second-order valence-corrected chi connectivity index (χ2v) is 6.05. The Kier molecular flexibility index (Phi) is 4.34. The molecule has 25 heavy (non-hydrogen) atoms. The molecule has 1 atom stereocenters. The fourth-order valence-electron chi connectivity index (χ4n) is 3.06. The molecule has 0 unspecified atom stereocenters. The van der Waals surface area contributed by atoms with E-state index in [-0.39, 0.29) is 5.82 Å². The van der Waals surface area contributed by atoms with E-state index in [9.17, 15) is 4.39 Å². The van der Waals surface area contributed by atoms with Crippen LogP contribution >= 0.6 is 0 Å². The predicted octanol–water partition coefficient (Wildman–Crippen LogP) is 2.47. The molecule has 4 heterocycles. The van der Waals surface area contributed by atoms with Gasteiger partial charge in [-0.15, -0.1) is 0 Å². The Morgan fingerprint density at radius 1 is 1.20 bits per heavy atom. The molecular weight excluding hydrogens is 321 g/mol. The van der Waals surface area contributed by atoms with Crippen LogP contribution in [0, 0.1) is 5.82 Å². The average molecular weight is 339 g/mol. The fraction of sp³-hybridized carbons (Fsp3) is 0.294. The van der Waals surface area contributed by atoms with Gasteiger partial charge in [0.1, 0.15) is 17.5 Å². The summed E-state index contributed by atoms with van der Waals surface area (Å²) in [4.78, 5) is 22.6. The molecule has 0 bridgehead atoms. The number of aromatic amines is 1. The normalized spacial score (nSPS) is 17.7. The predicted molar refractivity (Wildman–Crippen MR) is 90.7 cm³/mol. The maximum atomic E-state index is 13.3. The first-order chi connectivity index (χ1) is 12.3. The number of H-pyrrole nitrogens is 1. The SMILES string of the molecule is Fc1ccnc(Nc2nccc([C@H]3CCN(Cc4ncc[nH]4)C3)n2)c1. The van der Waals surface area contributed by atoms with Crippen LogP contribution in [-0.2, 0) is 6.54 Å². The summed E-state index contributed by atoms with van der Waals surface area (Å²) in [5.41, 5.74) is 0.982. The summed E-state index contributed by atoms with van der Waals surface area (Å²) in [7, 11) is 0. The maximum absolute atomic E-state index is 13.3. The lowest BCUT2D eigenvalue weighted by Gasteiger charge is -2.14. The second kappa shape index (κ2) is 6.94. The van der Waals surface area contributed by atoms with Crippen LogP contribution < -0.4 is 5.32 Å². The third-order valence-corrected chi connectivity index (χ3v) is 4.26. The van der Waals surface area contributed by atoms with E-state index in [1.54, 1.807) is 12.4 Å². The van der Waals surface area contributed by atoms with Crippen LogP contribution in [-0.4, -0.2) is 42.9 Å². The van der Waals surface area contributed by atoms with Crippen LogP contribution in [0.1, 0.15) is 23.9 Å². The highest BCUT2D eigenvalue weighted by Gasteiger charge is 2.25. The Balaban J connectivity index is 1.43. The number of likely N-dealkylation sites (tertiary alicyclic amines) is 1. The third kappa shape index (κ3) is 3.80. The van der Waals surface area contributed by atoms with Gasteiger partial charge >= 0.3 is 0 Å². The minimum atomic E-state index is -0.349. The monoisotopic (exact) mass is 339 g/mol. The molecule has 7 nitrogen and oxygen atoms in total. The van der Waals surface area contributed by atoms with E-state index in [0.29, 0.717) is 17.7 Å². The number of hydrogen-bond acceptors (Lipinski definition) is 6. The molecule has 128 valence electrons. The molecular formula is C17H18FN7. The van der Waals surface area contributed by atoms with E-state index in [4.69, 9.17) is 0 Å². The molecule has 8 heteroatoms. The van der Waals surface area contributed by atoms with Crippen LogP contribution in [0.3, 0.4) is 0 Å². The van der Waals surface area contributed by atoms with Gasteiger partial charge < -0.3 is 10.3 Å². The maximum Gasteiger partial charge on any atom is 0.228 e. The second-order valence-electron chi connectivity index (χ2n) is 6.05. The van der Waals surface area contributed by atoms with Crippen molar-refractivity contribution in [2.45, 2.75) is 18.9 Å². The molecule has 1 fully saturated rings. The molecule has 0 amide bonds. The first-order valence-electron chi connectivity index (χ1n) is 8.18. The van der Waals surface area contributed by atoms with Gasteiger partial charge in [0, 0.05) is 43.3 Å². The third-order valence-electron chi connectivity index (χ3n) is 4.26. The lowest BCUT2D eigenvalue weighted by Crippen LogP contribution is -2.20. The lowest BCUT2D eigenvalue weighted by molar-refractivity contribution is 0.318. The van der Waals surface area contributed by atoms with Gasteiger partial charge in [0.2, 0.25) is 5.95 Å². The Labute approximate surface area is 144 Å². The zero-order valence-corrected chi connectivity index (χ0v) is 13.6. The van der Waals surface area contributed by atoms with Crippen LogP contribution in [0.5, 0.6) is 0 Å². The summed E-state index contributed by atoms with van der Waals surface area (Å²) in [6, 6.07) is 4.55. The summed E-state index contributed by atoms with van der Waals surface area (Å²) >= 11 is 0. The van der Waals surface area contributed by atoms with E-state index < -0.39 is 0 Å². The Morgan fingerprint density at radius 2 is 2.12 bits per heavy atom. The molecule has 0 saturated carbocycles. The number of rotatable bonds is 5. The van der Waals surface area contributed by atoms with Crippen LogP contribution in [0.25, 0.3) is 0 Å². The van der Waals surface area contributed by atoms with E-state index >= 15 is 0 Å². The van der Waals surface area contributed by atoms with E-state index in [2.05, 4.69) is 35.1 Å². The largest absolute Gasteiger partial charge is 0.348 e. The van der Waals surface area contributed by atoms with E-state index in [1.165, 1.54) is 18.3 Å². The van der Waals surface area contributed by atoms with Crippen molar-refractivity contribution in [3.05, 3.63) is 60.3 Å². The summed E-state index contributed by atoms with van der Waals surface area (Å²) in [5.74, 6) is 1.79. The highest BCUT2D eigenvalue weighted by molar-refractivity contribution is 5.47. The summed E-state index contributed by atoms with van der Waals surface area (Å²) in [6.07, 6.45) is 7.77. The standard InChI is InChI=1S/C17H18FN7/c18-13-1-4-19-15(9-13)24-17-22-5-2-14(23-17)12-3-8-25(10-12)11-16-20-6-7-21-16/h1-2,4-7,9,12H,3,8,10-11H2,(H,20,21)(H,19,22,23,24)/t12-/m0/s1. The molecule has 0 aromatic carbocycles. The summed E-state index contributed by atoms with van der Waals surface area (Å²) in [5, 5.41) is 2.95. The number of aromatic nitrogens is 5. The Morgan fingerprint density at radius 3 is 2.96 bits per heavy atom. The molecule has 0 aliphatic carbocycles. The molecule has 1 saturated heterocycles. The van der Waals surface area contributed by atoms with Crippen molar-refractivity contribution in [1.29, 1.82) is 0 Å². The van der Waals surface area contributed by atoms with Crippen molar-refractivity contribution in [3.8, 4) is 0 Å². The highest BCUT2D eigenvalue weighted by atomic mass is 19.1. The zero-order chi connectivity index (χ0) is 17.1. The van der Waals surface area contributed by atoms with Crippen LogP contribution in [0.4, 0.5) is 16.2 Å². The zero-order valence-electron chi connectivity index (χ0n) is 13.6. The number of pyridine rings is 1. The van der Waals surface area contributed by atoms with Gasteiger partial charge in [-0.1, -0.05) is 0 Å². The highest BCUT2D eigenvalue weighted by Crippen LogP contribution is 2.27. The fourth-order valence-corrected chi connectivity index (χ4v) is 3.06. The number of nitrogens with one attached hydrogen (secondary N) is 2. The molecule has 1 aliphatic rings. The van der Waals surface area contributed by atoms with Gasteiger partial charge in [-0.3, -0.25) is 4.90 Å². The molecule has 1 aliphatic heterocycles. The van der Waals surface area contributed by atoms with Gasteiger partial charge in [-0.05, 0) is 25.1 Å². The lowest BCUT2D eigenvalue weighted by atomic mass is 10.1. The Bertz CT molecular complexity index is 837. The number of imidazole rings is 1. The molecule has 2 N–H and O–H groups in total. The minimum Gasteiger partial charge on any atom is -0.348 e. The van der Waals surface area contributed by atoms with Gasteiger partial charge in [0.25, 0.3) is 0 Å². The minimum absolute atomic E-state index is 0.346. The molecule has 3 aromatic rings. The molecule has 0 radical (unpaired) electrons. The van der Waals surface area contributed by atoms with E-state index in [1.807, 2.05) is 12.3 Å². The van der Waals surface area contributed by atoms with Crippen molar-refractivity contribution in [2.75, 3.05) is 18.4 Å². The summed E-state index contributed by atoms with van der Waals surface area (Å²) in [6.45, 7) is 2.74. The van der Waals surface area contributed by atoms with Crippen molar-refractivity contribution in [1.82, 2.24) is 29.8 Å². The number of hydrogen-bond donors (Lipinski definition) is 2. The summed E-state index contributed by atoms with van der Waals surface area (Å²) < 4.78 is 13.3. The van der Waals surface area contributed by atoms with Crippen molar-refractivity contribution in [3.63, 3.8) is 0 Å². The quantitative estimate of drug-likeness (QED) is 0.743. The number of halogens is 1. The molecule has 0 spiro atoms. The van der Waals surface area contributed by atoms with Gasteiger partial charge in [0.05, 0.1) is 12.2 Å². The van der Waals surface area contributed by atoms with Crippen LogP contribution in [0.15, 0.2) is 43.0 Å². The van der Waals surface area contributed by atoms with E-state index in [0.717, 1.165) is 37.6 Å². The van der Waals surface area contributed by atoms with Gasteiger partial charge in [-0.25, -0.2) is 24.3 Å². The van der Waals surface area contributed by atoms with Gasteiger partial charge in [0.15, 0.2) is 0 Å². The van der Waals surface area contributed by atoms with Crippen LogP contribution in [0.2, 0.25) is 0 Å². The smallest absolute Gasteiger partial charge is 0.228 e. The topological polar surface area (TPSA) is 82.6 Å².